The molecule has 0 fully saturated rings. The van der Waals surface area contributed by atoms with E-state index in [9.17, 15) is 0 Å². The number of hydrogen-bond acceptors (Lipinski definition) is 2. The predicted octanol–water partition coefficient (Wildman–Crippen LogP) is 8.78. The van der Waals surface area contributed by atoms with Crippen molar-refractivity contribution in [3.05, 3.63) is 124 Å². The average Bonchev–Trinajstić information content (AvgIpc) is 3.66. The van der Waals surface area contributed by atoms with Crippen LogP contribution < -0.4 is 4.74 Å². The maximum atomic E-state index is 6.52. The summed E-state index contributed by atoms with van der Waals surface area (Å²) >= 11 is 2.45. The molecule has 4 aromatic carbocycles. The topological polar surface area (TPSA) is 36.9 Å². The second kappa shape index (κ2) is 10.2. The van der Waals surface area contributed by atoms with Crippen LogP contribution in [0.3, 0.4) is 0 Å². The van der Waals surface area contributed by atoms with Gasteiger partial charge < -0.3 is 0 Å². The third-order valence-electron chi connectivity index (χ3n) is 8.93. The van der Waals surface area contributed by atoms with Crippen molar-refractivity contribution in [2.75, 3.05) is 0 Å². The van der Waals surface area contributed by atoms with Gasteiger partial charge in [0.05, 0.1) is 0 Å². The number of para-hydroxylation sites is 3. The van der Waals surface area contributed by atoms with Crippen LogP contribution in [0.5, 0.6) is 11.5 Å². The van der Waals surface area contributed by atoms with Crippen LogP contribution in [-0.4, -0.2) is 18.7 Å². The molecule has 3 heterocycles. The van der Waals surface area contributed by atoms with Crippen LogP contribution in [0.2, 0.25) is 0 Å². The number of rotatable bonds is 4. The minimum absolute atomic E-state index is 0.0120. The number of ether oxygens (including phenoxy) is 1. The van der Waals surface area contributed by atoms with E-state index in [1.54, 1.807) is 0 Å². The first-order valence-corrected chi connectivity index (χ1v) is 16.2. The van der Waals surface area contributed by atoms with Gasteiger partial charge in [0.25, 0.3) is 0 Å². The molecule has 1 unspecified atom stereocenters. The normalized spacial score (nSPS) is 15.0. The number of benzene rings is 4. The van der Waals surface area contributed by atoms with E-state index in [2.05, 4.69) is 146 Å². The molecule has 0 radical (unpaired) electrons. The molecule has 44 heavy (non-hydrogen) atoms. The van der Waals surface area contributed by atoms with Crippen molar-refractivity contribution in [3.63, 3.8) is 0 Å². The summed E-state index contributed by atoms with van der Waals surface area (Å²) in [5, 5.41) is 2.29. The van der Waals surface area contributed by atoms with E-state index in [4.69, 9.17) is 9.72 Å². The maximum absolute atomic E-state index is 6.52. The fraction of sp³-hybridized carbons (Fsp3) is 0.211. The summed E-state index contributed by atoms with van der Waals surface area (Å²) in [6.07, 6.45) is 3.98. The third-order valence-corrected chi connectivity index (χ3v) is 10.2. The Labute approximate surface area is 267 Å². The number of nitrogens with zero attached hydrogens (tertiary/aromatic N) is 4. The van der Waals surface area contributed by atoms with E-state index in [0.717, 1.165) is 35.1 Å². The van der Waals surface area contributed by atoms with Crippen molar-refractivity contribution in [1.82, 2.24) is 18.7 Å². The molecule has 222 valence electrons. The quantitative estimate of drug-likeness (QED) is 0.169. The molecule has 0 aliphatic heterocycles. The standard InChI is InChI=1S/C38H32N4O.Pt/c1-38(2,3)26-19-20-39-37(21-26)42-33-10-6-5-9-29(33)30-17-16-28(23-36(30)42)43-27-15-13-25-14-18-32(31(25)22-27)41-24-40(4)34-11-7-8-12-35(34)41;/h5-13,15-17,19-21,32H,14,18H2,1-4H3;/q-2;. The van der Waals surface area contributed by atoms with Crippen LogP contribution in [0.15, 0.2) is 91.1 Å². The molecular weight excluding hydrogens is 724 g/mol. The van der Waals surface area contributed by atoms with Gasteiger partial charge in [-0.2, -0.15) is 0 Å². The zero-order chi connectivity index (χ0) is 30.2. The minimum atomic E-state index is 0.0120. The molecule has 8 rings (SSSR count). The van der Waals surface area contributed by atoms with E-state index >= 15 is 0 Å². The van der Waals surface area contributed by atoms with Gasteiger partial charge in [0, 0.05) is 6.20 Å². The summed E-state index contributed by atoms with van der Waals surface area (Å²) in [5.74, 6) is 2.25. The van der Waals surface area contributed by atoms with Crippen LogP contribution in [0.4, 0.5) is 0 Å². The number of hydrogen-bond donors (Lipinski definition) is 0. The Bertz CT molecular complexity index is 2300. The average molecular weight is 756 g/mol. The van der Waals surface area contributed by atoms with Crippen molar-refractivity contribution < 1.29 is 24.1 Å². The van der Waals surface area contributed by atoms with Crippen molar-refractivity contribution in [2.45, 2.75) is 45.1 Å². The molecular formula is C38H32N4OPt-2. The van der Waals surface area contributed by atoms with Crippen LogP contribution in [0.1, 0.15) is 49.9 Å². The number of pyridine rings is 1. The van der Waals surface area contributed by atoms with Crippen LogP contribution in [0, 0.1) is 15.9 Å². The van der Waals surface area contributed by atoms with Gasteiger partial charge in [-0.1, -0.05) is 39.0 Å². The van der Waals surface area contributed by atoms with E-state index in [1.807, 2.05) is 18.3 Å². The van der Waals surface area contributed by atoms with E-state index in [-0.39, 0.29) is 11.5 Å². The molecule has 3 aromatic heterocycles. The van der Waals surface area contributed by atoms with Gasteiger partial charge in [-0.05, 0) is 29.2 Å². The van der Waals surface area contributed by atoms with Crippen molar-refractivity contribution >= 4 is 32.8 Å². The first-order valence-electron chi connectivity index (χ1n) is 15.0. The van der Waals surface area contributed by atoms with Crippen molar-refractivity contribution in [1.29, 1.82) is 0 Å². The Morgan fingerprint density at radius 1 is 0.841 bits per heavy atom. The van der Waals surface area contributed by atoms with Gasteiger partial charge in [0.1, 0.15) is 0 Å². The summed E-state index contributed by atoms with van der Waals surface area (Å²) in [4.78, 5) is 4.81. The van der Waals surface area contributed by atoms with Gasteiger partial charge in [-0.3, -0.25) is 0 Å². The fourth-order valence-electron chi connectivity index (χ4n) is 6.67. The molecule has 1 aliphatic carbocycles. The molecule has 0 N–H and O–H groups in total. The summed E-state index contributed by atoms with van der Waals surface area (Å²) in [7, 11) is 2.14. The molecule has 7 aromatic rings. The van der Waals surface area contributed by atoms with Gasteiger partial charge >= 0.3 is 189 Å². The third kappa shape index (κ3) is 4.32. The first-order chi connectivity index (χ1) is 21.3. The molecule has 6 heteroatoms. The first kappa shape index (κ1) is 27.3. The number of aromatic nitrogens is 4. The van der Waals surface area contributed by atoms with Gasteiger partial charge in [-0.15, -0.1) is 0 Å². The molecule has 1 aliphatic rings. The molecule has 0 bridgehead atoms. The van der Waals surface area contributed by atoms with Gasteiger partial charge in [0.2, 0.25) is 0 Å². The summed E-state index contributed by atoms with van der Waals surface area (Å²) < 4.78 is 14.7. The van der Waals surface area contributed by atoms with Gasteiger partial charge in [0.15, 0.2) is 0 Å². The molecule has 0 amide bonds. The second-order valence-corrected chi connectivity index (χ2v) is 13.7. The Morgan fingerprint density at radius 2 is 1.57 bits per heavy atom. The van der Waals surface area contributed by atoms with E-state index < -0.39 is 0 Å². The zero-order valence-electron chi connectivity index (χ0n) is 25.2. The van der Waals surface area contributed by atoms with Crippen LogP contribution >= 0.6 is 0 Å². The van der Waals surface area contributed by atoms with Crippen LogP contribution in [0.25, 0.3) is 38.7 Å². The Balaban J connectivity index is 1.21. The Kier molecular flexibility index (Phi) is 6.32. The fourth-order valence-corrected chi connectivity index (χ4v) is 7.57. The molecule has 0 saturated carbocycles. The SMILES string of the molecule is Cn1[c](=[Pt])n(C2CCc3ccc(Oc4[c-]c5c(cc4)c4ccccc4n5-c4cc(C(C)(C)C)ccn4)[c-]c32)c2ccccc21. The van der Waals surface area contributed by atoms with Crippen molar-refractivity contribution in [3.8, 4) is 17.3 Å². The van der Waals surface area contributed by atoms with E-state index in [1.165, 1.54) is 36.9 Å². The van der Waals surface area contributed by atoms with Crippen molar-refractivity contribution in [2.24, 2.45) is 7.05 Å². The second-order valence-electron chi connectivity index (χ2n) is 12.7. The molecule has 1 atom stereocenters. The van der Waals surface area contributed by atoms with E-state index in [0.29, 0.717) is 11.5 Å². The summed E-state index contributed by atoms with van der Waals surface area (Å²) in [5.41, 5.74) is 8.32. The number of imidazole rings is 1. The Hall–Kier alpha value is -4.21. The monoisotopic (exact) mass is 755 g/mol. The molecule has 0 saturated heterocycles. The summed E-state index contributed by atoms with van der Waals surface area (Å²) in [6.45, 7) is 6.69. The Morgan fingerprint density at radius 3 is 2.39 bits per heavy atom. The number of fused-ring (bicyclic) bond motifs is 5. The predicted molar refractivity (Wildman–Crippen MR) is 172 cm³/mol. The molecule has 0 spiro atoms. The zero-order valence-corrected chi connectivity index (χ0v) is 27.4. The van der Waals surface area contributed by atoms with Crippen LogP contribution in [-0.2, 0) is 38.2 Å². The molecule has 5 nitrogen and oxygen atoms in total. The number of aryl methyl sites for hydroxylation is 2. The summed E-state index contributed by atoms with van der Waals surface area (Å²) in [6, 6.07) is 37.3. The van der Waals surface area contributed by atoms with Gasteiger partial charge in [-0.25, -0.2) is 4.98 Å².